The van der Waals surface area contributed by atoms with Crippen LogP contribution in [0, 0.1) is 0 Å². The maximum Gasteiger partial charge on any atom is 0.260 e. The van der Waals surface area contributed by atoms with Crippen molar-refractivity contribution >= 4 is 11.9 Å². The molecule has 1 saturated heterocycles. The fourth-order valence-electron chi connectivity index (χ4n) is 3.72. The molecule has 4 rings (SSSR count). The van der Waals surface area contributed by atoms with Crippen molar-refractivity contribution < 1.29 is 14.3 Å². The Kier molecular flexibility index (Phi) is 5.90. The highest BCUT2D eigenvalue weighted by Crippen LogP contribution is 2.24. The largest absolute Gasteiger partial charge is 0.484 e. The number of nitrogens with zero attached hydrogens (tertiary/aromatic N) is 4. The zero-order chi connectivity index (χ0) is 21.1. The summed E-state index contributed by atoms with van der Waals surface area (Å²) in [7, 11) is 0. The number of carbonyl (C=O) groups is 1. The van der Waals surface area contributed by atoms with Gasteiger partial charge in [0, 0.05) is 44.4 Å². The average Bonchev–Trinajstić information content (AvgIpc) is 2.77. The molecule has 3 heterocycles. The van der Waals surface area contributed by atoms with E-state index in [1.165, 1.54) is 5.56 Å². The van der Waals surface area contributed by atoms with Gasteiger partial charge < -0.3 is 19.3 Å². The molecule has 0 aliphatic carbocycles. The second-order valence-corrected chi connectivity index (χ2v) is 8.88. The van der Waals surface area contributed by atoms with E-state index < -0.39 is 0 Å². The van der Waals surface area contributed by atoms with Gasteiger partial charge in [-0.2, -0.15) is 0 Å². The first-order chi connectivity index (χ1) is 14.4. The Bertz CT molecular complexity index is 884. The van der Waals surface area contributed by atoms with Gasteiger partial charge in [-0.05, 0) is 23.1 Å². The summed E-state index contributed by atoms with van der Waals surface area (Å²) < 4.78 is 11.2. The first-order valence-electron chi connectivity index (χ1n) is 10.6. The molecule has 1 amide bonds. The van der Waals surface area contributed by atoms with Crippen LogP contribution in [0.2, 0.25) is 0 Å². The van der Waals surface area contributed by atoms with E-state index in [-0.39, 0.29) is 17.9 Å². The normalized spacial score (nSPS) is 16.9. The highest BCUT2D eigenvalue weighted by atomic mass is 16.5. The molecule has 0 saturated carbocycles. The van der Waals surface area contributed by atoms with E-state index >= 15 is 0 Å². The lowest BCUT2D eigenvalue weighted by Gasteiger charge is -2.35. The third-order valence-electron chi connectivity index (χ3n) is 5.68. The van der Waals surface area contributed by atoms with Gasteiger partial charge in [0.15, 0.2) is 6.61 Å². The summed E-state index contributed by atoms with van der Waals surface area (Å²) in [4.78, 5) is 25.8. The van der Waals surface area contributed by atoms with Gasteiger partial charge in [0.2, 0.25) is 5.95 Å². The molecule has 0 spiro atoms. The standard InChI is InChI=1S/C23H30N4O3/c1-23(2,3)18-4-6-19(7-5-18)30-16-21(28)26-9-11-27(12-10-26)22-24-14-17-15-29-13-8-20(17)25-22/h4-7,14H,8-13,15-16H2,1-3H3. The molecule has 0 atom stereocenters. The van der Waals surface area contributed by atoms with Crippen LogP contribution in [-0.2, 0) is 28.0 Å². The molecule has 7 heteroatoms. The molecule has 160 valence electrons. The quantitative estimate of drug-likeness (QED) is 0.772. The molecule has 0 unspecified atom stereocenters. The van der Waals surface area contributed by atoms with Crippen LogP contribution >= 0.6 is 0 Å². The van der Waals surface area contributed by atoms with Gasteiger partial charge in [-0.1, -0.05) is 32.9 Å². The average molecular weight is 411 g/mol. The number of anilines is 1. The number of hydrogen-bond donors (Lipinski definition) is 0. The van der Waals surface area contributed by atoms with Crippen molar-refractivity contribution in [3.8, 4) is 5.75 Å². The summed E-state index contributed by atoms with van der Waals surface area (Å²) in [6.07, 6.45) is 2.70. The predicted octanol–water partition coefficient (Wildman–Crippen LogP) is 2.57. The molecule has 1 aromatic carbocycles. The second-order valence-electron chi connectivity index (χ2n) is 8.88. The van der Waals surface area contributed by atoms with Crippen molar-refractivity contribution in [1.29, 1.82) is 0 Å². The van der Waals surface area contributed by atoms with Crippen molar-refractivity contribution in [3.05, 3.63) is 47.3 Å². The van der Waals surface area contributed by atoms with Crippen molar-refractivity contribution in [2.24, 2.45) is 0 Å². The van der Waals surface area contributed by atoms with Crippen LogP contribution in [0.4, 0.5) is 5.95 Å². The molecule has 2 aromatic rings. The van der Waals surface area contributed by atoms with Gasteiger partial charge >= 0.3 is 0 Å². The molecular weight excluding hydrogens is 380 g/mol. The number of amides is 1. The predicted molar refractivity (Wildman–Crippen MR) is 115 cm³/mol. The van der Waals surface area contributed by atoms with E-state index in [4.69, 9.17) is 14.5 Å². The number of benzene rings is 1. The van der Waals surface area contributed by atoms with E-state index in [0.717, 1.165) is 42.5 Å². The molecule has 30 heavy (non-hydrogen) atoms. The number of hydrogen-bond acceptors (Lipinski definition) is 6. The summed E-state index contributed by atoms with van der Waals surface area (Å²) in [6, 6.07) is 7.99. The van der Waals surface area contributed by atoms with Crippen LogP contribution < -0.4 is 9.64 Å². The lowest BCUT2D eigenvalue weighted by Crippen LogP contribution is -2.50. The van der Waals surface area contributed by atoms with Gasteiger partial charge in [-0.3, -0.25) is 4.79 Å². The number of fused-ring (bicyclic) bond motifs is 1. The molecule has 1 aromatic heterocycles. The fraction of sp³-hybridized carbons (Fsp3) is 0.522. The first-order valence-corrected chi connectivity index (χ1v) is 10.6. The van der Waals surface area contributed by atoms with Crippen LogP contribution in [0.1, 0.15) is 37.6 Å². The van der Waals surface area contributed by atoms with Crippen LogP contribution in [0.25, 0.3) is 0 Å². The highest BCUT2D eigenvalue weighted by molar-refractivity contribution is 5.78. The Morgan fingerprint density at radius 2 is 1.87 bits per heavy atom. The molecule has 2 aliphatic heterocycles. The molecule has 2 aliphatic rings. The Labute approximate surface area is 178 Å². The van der Waals surface area contributed by atoms with Gasteiger partial charge in [0.1, 0.15) is 5.75 Å². The number of aromatic nitrogens is 2. The van der Waals surface area contributed by atoms with Crippen molar-refractivity contribution in [2.45, 2.75) is 39.2 Å². The minimum atomic E-state index is 0.0121. The van der Waals surface area contributed by atoms with E-state index in [1.54, 1.807) is 0 Å². The smallest absolute Gasteiger partial charge is 0.260 e. The topological polar surface area (TPSA) is 67.8 Å². The minimum Gasteiger partial charge on any atom is -0.484 e. The summed E-state index contributed by atoms with van der Waals surface area (Å²) in [5.74, 6) is 1.48. The summed E-state index contributed by atoms with van der Waals surface area (Å²) in [5, 5.41) is 0. The Hall–Kier alpha value is -2.67. The molecule has 0 bridgehead atoms. The zero-order valence-electron chi connectivity index (χ0n) is 18.1. The minimum absolute atomic E-state index is 0.0121. The second kappa shape index (κ2) is 8.60. The van der Waals surface area contributed by atoms with E-state index in [1.807, 2.05) is 23.2 Å². The van der Waals surface area contributed by atoms with Crippen LogP contribution in [0.15, 0.2) is 30.5 Å². The van der Waals surface area contributed by atoms with Gasteiger partial charge in [-0.15, -0.1) is 0 Å². The van der Waals surface area contributed by atoms with Gasteiger partial charge in [-0.25, -0.2) is 9.97 Å². The monoisotopic (exact) mass is 410 g/mol. The maximum atomic E-state index is 12.6. The number of ether oxygens (including phenoxy) is 2. The van der Waals surface area contributed by atoms with Gasteiger partial charge in [0.05, 0.1) is 18.9 Å². The van der Waals surface area contributed by atoms with E-state index in [0.29, 0.717) is 26.3 Å². The molecular formula is C23H30N4O3. The van der Waals surface area contributed by atoms with Gasteiger partial charge in [0.25, 0.3) is 5.91 Å². The third kappa shape index (κ3) is 4.73. The number of rotatable bonds is 4. The van der Waals surface area contributed by atoms with Crippen molar-refractivity contribution in [1.82, 2.24) is 14.9 Å². The van der Waals surface area contributed by atoms with E-state index in [2.05, 4.69) is 42.8 Å². The molecule has 1 fully saturated rings. The van der Waals surface area contributed by atoms with Crippen LogP contribution in [0.3, 0.4) is 0 Å². The highest BCUT2D eigenvalue weighted by Gasteiger charge is 2.24. The third-order valence-corrected chi connectivity index (χ3v) is 5.68. The molecule has 7 nitrogen and oxygen atoms in total. The Morgan fingerprint density at radius 3 is 2.57 bits per heavy atom. The summed E-state index contributed by atoms with van der Waals surface area (Å²) in [6.45, 7) is 10.6. The van der Waals surface area contributed by atoms with Crippen LogP contribution in [0.5, 0.6) is 5.75 Å². The molecule has 0 N–H and O–H groups in total. The fourth-order valence-corrected chi connectivity index (χ4v) is 3.72. The lowest BCUT2D eigenvalue weighted by atomic mass is 9.87. The van der Waals surface area contributed by atoms with E-state index in [9.17, 15) is 4.79 Å². The Morgan fingerprint density at radius 1 is 1.13 bits per heavy atom. The SMILES string of the molecule is CC(C)(C)c1ccc(OCC(=O)N2CCN(c3ncc4c(n3)CCOC4)CC2)cc1. The Balaban J connectivity index is 1.27. The maximum absolute atomic E-state index is 12.6. The lowest BCUT2D eigenvalue weighted by molar-refractivity contribution is -0.133. The first kappa shape index (κ1) is 20.6. The number of piperazine rings is 1. The van der Waals surface area contributed by atoms with Crippen molar-refractivity contribution in [3.63, 3.8) is 0 Å². The summed E-state index contributed by atoms with van der Waals surface area (Å²) >= 11 is 0. The summed E-state index contributed by atoms with van der Waals surface area (Å²) in [5.41, 5.74) is 3.50. The van der Waals surface area contributed by atoms with Crippen LogP contribution in [-0.4, -0.2) is 60.2 Å². The van der Waals surface area contributed by atoms with Crippen molar-refractivity contribution in [2.75, 3.05) is 44.3 Å². The number of carbonyl (C=O) groups excluding carboxylic acids is 1. The zero-order valence-corrected chi connectivity index (χ0v) is 18.1. The molecule has 0 radical (unpaired) electrons.